The molecule has 0 bridgehead atoms. The molecule has 0 aromatic heterocycles. The number of esters is 1. The van der Waals surface area contributed by atoms with E-state index in [0.29, 0.717) is 19.3 Å². The molecule has 0 aromatic rings. The summed E-state index contributed by atoms with van der Waals surface area (Å²) in [5.74, 6) is -3.91. The highest BCUT2D eigenvalue weighted by molar-refractivity contribution is 6.00. The van der Waals surface area contributed by atoms with E-state index in [0.717, 1.165) is 11.9 Å². The van der Waals surface area contributed by atoms with Gasteiger partial charge in [0.1, 0.15) is 30.0 Å². The highest BCUT2D eigenvalue weighted by Crippen LogP contribution is 2.39. The fraction of sp³-hybridized carbons (Fsp3) is 0.844. The Hall–Kier alpha value is -1.69. The zero-order valence-electron chi connectivity index (χ0n) is 27.5. The number of ketones is 1. The summed E-state index contributed by atoms with van der Waals surface area (Å²) in [5.41, 5.74) is -1.81. The summed E-state index contributed by atoms with van der Waals surface area (Å²) in [5, 5.41) is 22.9. The van der Waals surface area contributed by atoms with Crippen LogP contribution in [-0.4, -0.2) is 102 Å². The van der Waals surface area contributed by atoms with E-state index < -0.39 is 65.3 Å². The minimum absolute atomic E-state index is 0.0387. The van der Waals surface area contributed by atoms with Gasteiger partial charge in [0.05, 0.1) is 17.8 Å². The molecule has 2 aliphatic rings. The third-order valence-electron chi connectivity index (χ3n) is 9.45. The molecule has 10 nitrogen and oxygen atoms in total. The quantitative estimate of drug-likeness (QED) is 0.195. The predicted molar refractivity (Wildman–Crippen MR) is 159 cm³/mol. The maximum absolute atomic E-state index is 13.9. The number of hydrogen-bond acceptors (Lipinski definition) is 10. The van der Waals surface area contributed by atoms with E-state index >= 15 is 0 Å². The maximum atomic E-state index is 13.9. The second-order valence-corrected chi connectivity index (χ2v) is 13.2. The zero-order valence-corrected chi connectivity index (χ0v) is 27.5. The first-order valence-electron chi connectivity index (χ1n) is 15.2. The number of Topliss-reactive ketones (excluding diaryl/α,β-unsaturated/α-hetero) is 1. The molecule has 1 saturated heterocycles. The van der Waals surface area contributed by atoms with Crippen molar-refractivity contribution in [2.24, 2.45) is 23.7 Å². The Balaban J connectivity index is 2.65. The van der Waals surface area contributed by atoms with Crippen molar-refractivity contribution in [2.45, 2.75) is 129 Å². The molecule has 0 radical (unpaired) electrons. The molecule has 1 unspecified atom stereocenters. The molecule has 0 amide bonds. The zero-order chi connectivity index (χ0) is 32.2. The van der Waals surface area contributed by atoms with E-state index in [4.69, 9.17) is 18.9 Å². The number of allylic oxidation sites excluding steroid dienone is 1. The van der Waals surface area contributed by atoms with Crippen LogP contribution in [0.15, 0.2) is 11.6 Å². The number of aliphatic hydroxyl groups excluding tert-OH is 1. The van der Waals surface area contributed by atoms with Gasteiger partial charge in [-0.3, -0.25) is 9.59 Å². The number of aldehydes is 1. The number of ether oxygens (including phenoxy) is 4. The molecule has 2 N–H and O–H groups in total. The lowest BCUT2D eigenvalue weighted by Crippen LogP contribution is -2.59. The van der Waals surface area contributed by atoms with E-state index in [1.54, 1.807) is 27.9 Å². The third-order valence-corrected chi connectivity index (χ3v) is 9.45. The monoisotopic (exact) mass is 597 g/mol. The second kappa shape index (κ2) is 14.9. The van der Waals surface area contributed by atoms with Gasteiger partial charge in [0.2, 0.25) is 0 Å². The first-order chi connectivity index (χ1) is 19.4. The summed E-state index contributed by atoms with van der Waals surface area (Å²) in [6.45, 7) is 14.2. The Kier molecular flexibility index (Phi) is 12.9. The van der Waals surface area contributed by atoms with Gasteiger partial charge in [-0.15, -0.1) is 0 Å². The summed E-state index contributed by atoms with van der Waals surface area (Å²) in [7, 11) is 5.32. The van der Waals surface area contributed by atoms with Crippen molar-refractivity contribution >= 4 is 18.0 Å². The molecule has 0 aliphatic carbocycles. The topological polar surface area (TPSA) is 132 Å². The Morgan fingerprint density at radius 3 is 2.31 bits per heavy atom. The molecule has 2 rings (SSSR count). The predicted octanol–water partition coefficient (Wildman–Crippen LogP) is 3.31. The van der Waals surface area contributed by atoms with Gasteiger partial charge in [0.15, 0.2) is 12.1 Å². The molecule has 12 atom stereocenters. The van der Waals surface area contributed by atoms with Crippen molar-refractivity contribution in [2.75, 3.05) is 21.2 Å². The molecule has 242 valence electrons. The molecular formula is C32H55NO9. The number of carbonyl (C=O) groups is 3. The van der Waals surface area contributed by atoms with Crippen molar-refractivity contribution in [1.29, 1.82) is 0 Å². The van der Waals surface area contributed by atoms with E-state index in [-0.39, 0.29) is 24.5 Å². The van der Waals surface area contributed by atoms with Crippen LogP contribution in [0.25, 0.3) is 0 Å². The van der Waals surface area contributed by atoms with Gasteiger partial charge < -0.3 is 38.9 Å². The largest absolute Gasteiger partial charge is 0.459 e. The van der Waals surface area contributed by atoms with Crippen molar-refractivity contribution in [3.05, 3.63) is 11.6 Å². The first kappa shape index (κ1) is 36.5. The van der Waals surface area contributed by atoms with Crippen LogP contribution in [0, 0.1) is 23.7 Å². The number of cyclic esters (lactones) is 1. The van der Waals surface area contributed by atoms with Crippen LogP contribution in [0.4, 0.5) is 0 Å². The average molecular weight is 598 g/mol. The molecule has 0 spiro atoms. The Labute approximate surface area is 252 Å². The van der Waals surface area contributed by atoms with E-state index in [1.807, 2.05) is 52.8 Å². The number of aliphatic hydroxyl groups is 2. The lowest BCUT2D eigenvalue weighted by Gasteiger charge is -2.46. The molecule has 2 heterocycles. The van der Waals surface area contributed by atoms with E-state index in [2.05, 4.69) is 0 Å². The van der Waals surface area contributed by atoms with Crippen LogP contribution in [0.3, 0.4) is 0 Å². The van der Waals surface area contributed by atoms with Crippen LogP contribution in [0.2, 0.25) is 0 Å². The summed E-state index contributed by atoms with van der Waals surface area (Å²) in [4.78, 5) is 40.9. The Bertz CT molecular complexity index is 966. The SMILES string of the molecule is CC[C@H]1OC(=O)C(C)C(=O)[C@H](C)[C@@H](O[C@@H]2O[C@H](C)C[C@H](N(C)C)[C@H]2O)[C@](C)(OC)C[C@@H](C)/C=C(/C)[C@@H](CC=O)[C@]1(C)O. The van der Waals surface area contributed by atoms with Crippen molar-refractivity contribution in [3.63, 3.8) is 0 Å². The highest BCUT2D eigenvalue weighted by atomic mass is 16.7. The smallest absolute Gasteiger partial charge is 0.316 e. The number of carbonyl (C=O) groups excluding carboxylic acids is 3. The molecular weight excluding hydrogens is 542 g/mol. The van der Waals surface area contributed by atoms with Gasteiger partial charge in [-0.1, -0.05) is 32.4 Å². The highest BCUT2D eigenvalue weighted by Gasteiger charge is 2.50. The minimum atomic E-state index is -1.55. The van der Waals surface area contributed by atoms with Crippen molar-refractivity contribution < 1.29 is 43.5 Å². The standard InChI is InChI=1S/C32H55NO9/c1-12-25-32(8,38)23(13-14-34)19(3)15-18(2)17-31(7,39-11)28(21(5)26(35)22(6)29(37)41-25)42-30-27(36)24(33(9)10)16-20(4)40-30/h14-15,18,20-25,27-28,30,36,38H,12-13,16-17H2,1-11H3/b19-15-/t18-,20+,21-,22?,23+,24-,25+,27+,28+,30-,31+,32-/m0/s1. The Morgan fingerprint density at radius 2 is 1.79 bits per heavy atom. The number of methoxy groups -OCH3 is 1. The lowest BCUT2D eigenvalue weighted by atomic mass is 9.74. The number of likely N-dealkylation sites (N-methyl/N-ethyl adjacent to an activating group) is 1. The van der Waals surface area contributed by atoms with E-state index in [9.17, 15) is 24.6 Å². The van der Waals surface area contributed by atoms with Crippen molar-refractivity contribution in [1.82, 2.24) is 4.90 Å². The normalized spacial score (nSPS) is 44.2. The third kappa shape index (κ3) is 8.07. The van der Waals surface area contributed by atoms with Gasteiger partial charge in [-0.05, 0) is 73.9 Å². The number of hydrogen-bond donors (Lipinski definition) is 2. The molecule has 0 saturated carbocycles. The molecule has 1 fully saturated rings. The fourth-order valence-corrected chi connectivity index (χ4v) is 6.89. The summed E-state index contributed by atoms with van der Waals surface area (Å²) < 4.78 is 24.5. The molecule has 10 heteroatoms. The molecule has 42 heavy (non-hydrogen) atoms. The number of nitrogens with zero attached hydrogens (tertiary/aromatic N) is 1. The second-order valence-electron chi connectivity index (χ2n) is 13.2. The van der Waals surface area contributed by atoms with Gasteiger partial charge in [0.25, 0.3) is 0 Å². The van der Waals surface area contributed by atoms with Gasteiger partial charge in [-0.25, -0.2) is 0 Å². The Morgan fingerprint density at radius 1 is 1.17 bits per heavy atom. The number of rotatable bonds is 7. The summed E-state index contributed by atoms with van der Waals surface area (Å²) in [6.07, 6.45) is 0.0636. The average Bonchev–Trinajstić information content (AvgIpc) is 2.92. The van der Waals surface area contributed by atoms with Crippen LogP contribution in [0.1, 0.15) is 81.1 Å². The van der Waals surface area contributed by atoms with Crippen LogP contribution < -0.4 is 0 Å². The van der Waals surface area contributed by atoms with Crippen LogP contribution >= 0.6 is 0 Å². The van der Waals surface area contributed by atoms with Gasteiger partial charge >= 0.3 is 5.97 Å². The lowest BCUT2D eigenvalue weighted by molar-refractivity contribution is -0.295. The maximum Gasteiger partial charge on any atom is 0.316 e. The fourth-order valence-electron chi connectivity index (χ4n) is 6.89. The van der Waals surface area contributed by atoms with E-state index in [1.165, 1.54) is 6.92 Å². The van der Waals surface area contributed by atoms with Gasteiger partial charge in [0, 0.05) is 31.4 Å². The van der Waals surface area contributed by atoms with Crippen molar-refractivity contribution in [3.8, 4) is 0 Å². The summed E-state index contributed by atoms with van der Waals surface area (Å²) in [6, 6.07) is -0.219. The summed E-state index contributed by atoms with van der Waals surface area (Å²) >= 11 is 0. The van der Waals surface area contributed by atoms with Crippen LogP contribution in [-0.2, 0) is 33.3 Å². The van der Waals surface area contributed by atoms with Crippen LogP contribution in [0.5, 0.6) is 0 Å². The molecule has 0 aromatic carbocycles. The van der Waals surface area contributed by atoms with Gasteiger partial charge in [-0.2, -0.15) is 0 Å². The minimum Gasteiger partial charge on any atom is -0.459 e. The first-order valence-corrected chi connectivity index (χ1v) is 15.2. The molecule has 2 aliphatic heterocycles.